The summed E-state index contributed by atoms with van der Waals surface area (Å²) in [5.41, 5.74) is 0. The van der Waals surface area contributed by atoms with Crippen LogP contribution >= 0.6 is 0 Å². The molecule has 0 aromatic heterocycles. The molecule has 0 radical (unpaired) electrons. The van der Waals surface area contributed by atoms with Crippen molar-refractivity contribution in [2.24, 2.45) is 5.92 Å². The van der Waals surface area contributed by atoms with Gasteiger partial charge in [0.05, 0.1) is 13.2 Å². The fourth-order valence-electron chi connectivity index (χ4n) is 2.27. The lowest BCUT2D eigenvalue weighted by molar-refractivity contribution is -0.295. The summed E-state index contributed by atoms with van der Waals surface area (Å²) < 4.78 is 11.8. The second-order valence-corrected chi connectivity index (χ2v) is 4.30. The maximum atomic E-state index is 5.90. The first kappa shape index (κ1) is 12.0. The zero-order valence-electron chi connectivity index (χ0n) is 9.84. The zero-order valence-corrected chi connectivity index (χ0v) is 9.84. The molecule has 0 spiro atoms. The SMILES string of the molecule is CCCC(C)C1(CCC)OCCCO1. The Labute approximate surface area is 88.0 Å². The number of hydrogen-bond acceptors (Lipinski definition) is 2. The zero-order chi connectivity index (χ0) is 10.4. The van der Waals surface area contributed by atoms with Gasteiger partial charge in [-0.15, -0.1) is 0 Å². The highest BCUT2D eigenvalue weighted by Gasteiger charge is 2.38. The van der Waals surface area contributed by atoms with Gasteiger partial charge in [-0.25, -0.2) is 0 Å². The highest BCUT2D eigenvalue weighted by Crippen LogP contribution is 2.34. The van der Waals surface area contributed by atoms with E-state index in [0.29, 0.717) is 5.92 Å². The number of ether oxygens (including phenoxy) is 2. The molecule has 1 fully saturated rings. The lowest BCUT2D eigenvalue weighted by atomic mass is 9.91. The van der Waals surface area contributed by atoms with Crippen molar-refractivity contribution in [3.63, 3.8) is 0 Å². The molecular weight excluding hydrogens is 176 g/mol. The molecular formula is C12H24O2. The summed E-state index contributed by atoms with van der Waals surface area (Å²) in [6, 6.07) is 0. The Hall–Kier alpha value is -0.0800. The van der Waals surface area contributed by atoms with E-state index in [9.17, 15) is 0 Å². The van der Waals surface area contributed by atoms with Crippen molar-refractivity contribution in [2.75, 3.05) is 13.2 Å². The average Bonchev–Trinajstić information content (AvgIpc) is 2.20. The van der Waals surface area contributed by atoms with Crippen LogP contribution in [0.3, 0.4) is 0 Å². The van der Waals surface area contributed by atoms with Gasteiger partial charge in [0.1, 0.15) is 0 Å². The molecule has 0 saturated carbocycles. The van der Waals surface area contributed by atoms with Gasteiger partial charge in [0.2, 0.25) is 0 Å². The van der Waals surface area contributed by atoms with Crippen molar-refractivity contribution in [1.29, 1.82) is 0 Å². The molecule has 1 atom stereocenters. The summed E-state index contributed by atoms with van der Waals surface area (Å²) in [5, 5.41) is 0. The van der Waals surface area contributed by atoms with Gasteiger partial charge in [-0.3, -0.25) is 0 Å². The highest BCUT2D eigenvalue weighted by molar-refractivity contribution is 4.78. The van der Waals surface area contributed by atoms with Crippen LogP contribution in [0.25, 0.3) is 0 Å². The van der Waals surface area contributed by atoms with Crippen LogP contribution in [0.15, 0.2) is 0 Å². The summed E-state index contributed by atoms with van der Waals surface area (Å²) in [6.45, 7) is 8.41. The van der Waals surface area contributed by atoms with Crippen molar-refractivity contribution < 1.29 is 9.47 Å². The molecule has 0 aromatic carbocycles. The lowest BCUT2D eigenvalue weighted by Gasteiger charge is -2.41. The fraction of sp³-hybridized carbons (Fsp3) is 1.00. The van der Waals surface area contributed by atoms with Gasteiger partial charge in [0.25, 0.3) is 0 Å². The predicted molar refractivity (Wildman–Crippen MR) is 58.2 cm³/mol. The van der Waals surface area contributed by atoms with Crippen LogP contribution in [-0.2, 0) is 9.47 Å². The van der Waals surface area contributed by atoms with Crippen molar-refractivity contribution in [3.05, 3.63) is 0 Å². The van der Waals surface area contributed by atoms with Gasteiger partial charge >= 0.3 is 0 Å². The Bertz CT molecular complexity index is 145. The van der Waals surface area contributed by atoms with Gasteiger partial charge in [0, 0.05) is 12.3 Å². The molecule has 84 valence electrons. The number of rotatable bonds is 5. The second kappa shape index (κ2) is 5.72. The molecule has 1 saturated heterocycles. The second-order valence-electron chi connectivity index (χ2n) is 4.30. The Morgan fingerprint density at radius 2 is 1.79 bits per heavy atom. The monoisotopic (exact) mass is 200 g/mol. The molecule has 0 aromatic rings. The van der Waals surface area contributed by atoms with E-state index in [1.54, 1.807) is 0 Å². The molecule has 2 heteroatoms. The van der Waals surface area contributed by atoms with Gasteiger partial charge in [-0.2, -0.15) is 0 Å². The summed E-state index contributed by atoms with van der Waals surface area (Å²) >= 11 is 0. The molecule has 1 rings (SSSR count). The Kier molecular flexibility index (Phi) is 4.90. The van der Waals surface area contributed by atoms with Crippen LogP contribution in [0.4, 0.5) is 0 Å². The van der Waals surface area contributed by atoms with Crippen LogP contribution in [0.1, 0.15) is 52.9 Å². The highest BCUT2D eigenvalue weighted by atomic mass is 16.7. The van der Waals surface area contributed by atoms with E-state index >= 15 is 0 Å². The quantitative estimate of drug-likeness (QED) is 0.677. The Balaban J connectivity index is 2.58. The molecule has 1 aliphatic rings. The maximum Gasteiger partial charge on any atom is 0.170 e. The summed E-state index contributed by atoms with van der Waals surface area (Å²) in [7, 11) is 0. The van der Waals surface area contributed by atoms with Crippen molar-refractivity contribution in [2.45, 2.75) is 58.7 Å². The summed E-state index contributed by atoms with van der Waals surface area (Å²) in [4.78, 5) is 0. The molecule has 1 heterocycles. The lowest BCUT2D eigenvalue weighted by Crippen LogP contribution is -2.46. The van der Waals surface area contributed by atoms with Crippen LogP contribution < -0.4 is 0 Å². The van der Waals surface area contributed by atoms with E-state index < -0.39 is 0 Å². The van der Waals surface area contributed by atoms with Crippen LogP contribution in [-0.4, -0.2) is 19.0 Å². The van der Waals surface area contributed by atoms with Gasteiger partial charge in [0.15, 0.2) is 5.79 Å². The Morgan fingerprint density at radius 1 is 1.14 bits per heavy atom. The molecule has 0 N–H and O–H groups in total. The third-order valence-corrected chi connectivity index (χ3v) is 3.05. The molecule has 1 unspecified atom stereocenters. The molecule has 1 aliphatic heterocycles. The van der Waals surface area contributed by atoms with Crippen molar-refractivity contribution >= 4 is 0 Å². The van der Waals surface area contributed by atoms with E-state index in [2.05, 4.69) is 20.8 Å². The minimum atomic E-state index is -0.261. The third-order valence-electron chi connectivity index (χ3n) is 3.05. The molecule has 2 nitrogen and oxygen atoms in total. The van der Waals surface area contributed by atoms with Crippen LogP contribution in [0.2, 0.25) is 0 Å². The van der Waals surface area contributed by atoms with Crippen molar-refractivity contribution in [1.82, 2.24) is 0 Å². The summed E-state index contributed by atoms with van der Waals surface area (Å²) in [5.74, 6) is 0.260. The topological polar surface area (TPSA) is 18.5 Å². The molecule has 0 amide bonds. The van der Waals surface area contributed by atoms with E-state index in [-0.39, 0.29) is 5.79 Å². The molecule has 14 heavy (non-hydrogen) atoms. The summed E-state index contributed by atoms with van der Waals surface area (Å²) in [6.07, 6.45) is 5.62. The number of hydrogen-bond donors (Lipinski definition) is 0. The first-order chi connectivity index (χ1) is 6.75. The first-order valence-corrected chi connectivity index (χ1v) is 6.03. The minimum absolute atomic E-state index is 0.261. The third kappa shape index (κ3) is 2.71. The van der Waals surface area contributed by atoms with Gasteiger partial charge < -0.3 is 9.47 Å². The predicted octanol–water partition coefficient (Wildman–Crippen LogP) is 3.36. The molecule has 0 aliphatic carbocycles. The van der Waals surface area contributed by atoms with E-state index in [1.165, 1.54) is 12.8 Å². The smallest absolute Gasteiger partial charge is 0.170 e. The van der Waals surface area contributed by atoms with E-state index in [0.717, 1.165) is 32.5 Å². The van der Waals surface area contributed by atoms with E-state index in [1.807, 2.05) is 0 Å². The Morgan fingerprint density at radius 3 is 2.29 bits per heavy atom. The minimum Gasteiger partial charge on any atom is -0.350 e. The van der Waals surface area contributed by atoms with Crippen LogP contribution in [0.5, 0.6) is 0 Å². The van der Waals surface area contributed by atoms with E-state index in [4.69, 9.17) is 9.47 Å². The van der Waals surface area contributed by atoms with Gasteiger partial charge in [-0.1, -0.05) is 33.6 Å². The van der Waals surface area contributed by atoms with Crippen molar-refractivity contribution in [3.8, 4) is 0 Å². The fourth-order valence-corrected chi connectivity index (χ4v) is 2.27. The maximum absolute atomic E-state index is 5.90. The standard InChI is InChI=1S/C12H24O2/c1-4-7-11(3)12(8-5-2)13-9-6-10-14-12/h11H,4-10H2,1-3H3. The average molecular weight is 200 g/mol. The van der Waals surface area contributed by atoms with Crippen LogP contribution in [0, 0.1) is 5.92 Å². The normalized spacial score (nSPS) is 23.4. The molecule has 0 bridgehead atoms. The first-order valence-electron chi connectivity index (χ1n) is 6.03. The largest absolute Gasteiger partial charge is 0.350 e. The van der Waals surface area contributed by atoms with Gasteiger partial charge in [-0.05, 0) is 12.8 Å².